The van der Waals surface area contributed by atoms with E-state index in [1.807, 2.05) is 19.1 Å². The maximum atomic E-state index is 12.0. The number of hydrogen-bond donors (Lipinski definition) is 2. The minimum Gasteiger partial charge on any atom is -0.496 e. The van der Waals surface area contributed by atoms with E-state index in [1.54, 1.807) is 7.11 Å². The highest BCUT2D eigenvalue weighted by molar-refractivity contribution is 5.74. The fourth-order valence-corrected chi connectivity index (χ4v) is 2.92. The van der Waals surface area contributed by atoms with Gasteiger partial charge in [-0.3, -0.25) is 0 Å². The van der Waals surface area contributed by atoms with Crippen LogP contribution in [-0.2, 0) is 6.54 Å². The van der Waals surface area contributed by atoms with E-state index in [4.69, 9.17) is 4.74 Å². The van der Waals surface area contributed by atoms with Crippen molar-refractivity contribution in [3.05, 3.63) is 28.8 Å². The summed E-state index contributed by atoms with van der Waals surface area (Å²) >= 11 is 0. The van der Waals surface area contributed by atoms with Crippen molar-refractivity contribution < 1.29 is 9.53 Å². The Morgan fingerprint density at radius 1 is 1.19 bits per heavy atom. The highest BCUT2D eigenvalue weighted by Crippen LogP contribution is 2.23. The molecule has 0 radical (unpaired) electrons. The van der Waals surface area contributed by atoms with Gasteiger partial charge >= 0.3 is 6.03 Å². The van der Waals surface area contributed by atoms with Gasteiger partial charge in [-0.1, -0.05) is 25.3 Å². The Hall–Kier alpha value is -1.71. The van der Waals surface area contributed by atoms with Gasteiger partial charge in [0.1, 0.15) is 5.75 Å². The minimum absolute atomic E-state index is 0.0604. The van der Waals surface area contributed by atoms with E-state index in [2.05, 4.69) is 17.6 Å². The molecule has 1 aromatic rings. The molecule has 2 N–H and O–H groups in total. The summed E-state index contributed by atoms with van der Waals surface area (Å²) in [7, 11) is 1.68. The molecule has 2 amide bonds. The Bertz CT molecular complexity index is 494. The molecule has 0 heterocycles. The summed E-state index contributed by atoms with van der Waals surface area (Å²) in [4.78, 5) is 12.0. The summed E-state index contributed by atoms with van der Waals surface area (Å²) in [6, 6.07) is 4.26. The highest BCUT2D eigenvalue weighted by atomic mass is 16.5. The molecular weight excluding hydrogens is 264 g/mol. The predicted molar refractivity (Wildman–Crippen MR) is 84.7 cm³/mol. The van der Waals surface area contributed by atoms with Gasteiger partial charge in [-0.2, -0.15) is 0 Å². The number of rotatable bonds is 4. The third kappa shape index (κ3) is 4.13. The normalized spacial score (nSPS) is 15.6. The molecule has 0 aliphatic heterocycles. The average molecular weight is 290 g/mol. The van der Waals surface area contributed by atoms with Crippen molar-refractivity contribution in [3.63, 3.8) is 0 Å². The zero-order valence-electron chi connectivity index (χ0n) is 13.3. The Labute approximate surface area is 127 Å². The van der Waals surface area contributed by atoms with Crippen LogP contribution in [0.3, 0.4) is 0 Å². The standard InChI is InChI=1S/C17H26N2O2/c1-12-13(2)16(21-3)10-9-14(12)11-18-17(20)19-15-7-5-4-6-8-15/h9-10,15H,4-8,11H2,1-3H3,(H2,18,19,20). The summed E-state index contributed by atoms with van der Waals surface area (Å²) in [6.07, 6.45) is 5.95. The number of methoxy groups -OCH3 is 1. The van der Waals surface area contributed by atoms with Gasteiger partial charge < -0.3 is 15.4 Å². The Morgan fingerprint density at radius 2 is 1.90 bits per heavy atom. The van der Waals surface area contributed by atoms with Gasteiger partial charge in [0.15, 0.2) is 0 Å². The lowest BCUT2D eigenvalue weighted by molar-refractivity contribution is 0.232. The number of carbonyl (C=O) groups excluding carboxylic acids is 1. The van der Waals surface area contributed by atoms with Crippen molar-refractivity contribution in [1.82, 2.24) is 10.6 Å². The zero-order chi connectivity index (χ0) is 15.2. The molecule has 0 spiro atoms. The molecule has 0 saturated heterocycles. The van der Waals surface area contributed by atoms with Crippen LogP contribution < -0.4 is 15.4 Å². The van der Waals surface area contributed by atoms with Gasteiger partial charge in [0.2, 0.25) is 0 Å². The van der Waals surface area contributed by atoms with E-state index < -0.39 is 0 Å². The molecule has 1 fully saturated rings. The van der Waals surface area contributed by atoms with Gasteiger partial charge in [0.25, 0.3) is 0 Å². The maximum Gasteiger partial charge on any atom is 0.315 e. The molecule has 2 rings (SSSR count). The SMILES string of the molecule is COc1ccc(CNC(=O)NC2CCCCC2)c(C)c1C. The topological polar surface area (TPSA) is 50.4 Å². The van der Waals surface area contributed by atoms with Crippen molar-refractivity contribution in [3.8, 4) is 5.75 Å². The summed E-state index contributed by atoms with van der Waals surface area (Å²) < 4.78 is 5.31. The Balaban J connectivity index is 1.87. The number of carbonyl (C=O) groups is 1. The molecule has 4 heteroatoms. The van der Waals surface area contributed by atoms with Crippen LogP contribution in [0.2, 0.25) is 0 Å². The molecule has 0 unspecified atom stereocenters. The van der Waals surface area contributed by atoms with E-state index >= 15 is 0 Å². The fraction of sp³-hybridized carbons (Fsp3) is 0.588. The number of benzene rings is 1. The first-order valence-electron chi connectivity index (χ1n) is 7.79. The molecule has 1 aliphatic carbocycles. The number of nitrogens with one attached hydrogen (secondary N) is 2. The second-order valence-electron chi connectivity index (χ2n) is 5.84. The van der Waals surface area contributed by atoms with Crippen molar-refractivity contribution in [2.75, 3.05) is 7.11 Å². The average Bonchev–Trinajstić information content (AvgIpc) is 2.50. The van der Waals surface area contributed by atoms with Crippen LogP contribution in [0.5, 0.6) is 5.75 Å². The molecule has 0 atom stereocenters. The lowest BCUT2D eigenvalue weighted by Crippen LogP contribution is -2.42. The molecule has 116 valence electrons. The van der Waals surface area contributed by atoms with Crippen molar-refractivity contribution in [1.29, 1.82) is 0 Å². The Kier molecular flexibility index (Phi) is 5.48. The Morgan fingerprint density at radius 3 is 2.57 bits per heavy atom. The molecular formula is C17H26N2O2. The number of ether oxygens (including phenoxy) is 1. The summed E-state index contributed by atoms with van der Waals surface area (Å²) in [5, 5.41) is 6.03. The smallest absolute Gasteiger partial charge is 0.315 e. The summed E-state index contributed by atoms with van der Waals surface area (Å²) in [6.45, 7) is 4.66. The van der Waals surface area contributed by atoms with Crippen LogP contribution >= 0.6 is 0 Å². The molecule has 1 aliphatic rings. The lowest BCUT2D eigenvalue weighted by Gasteiger charge is -2.23. The molecule has 0 bridgehead atoms. The van der Waals surface area contributed by atoms with Gasteiger partial charge in [0, 0.05) is 12.6 Å². The van der Waals surface area contributed by atoms with Crippen LogP contribution in [0.1, 0.15) is 48.8 Å². The second kappa shape index (κ2) is 7.34. The minimum atomic E-state index is -0.0604. The van der Waals surface area contributed by atoms with E-state index in [1.165, 1.54) is 24.8 Å². The number of urea groups is 1. The van der Waals surface area contributed by atoms with Gasteiger partial charge in [-0.25, -0.2) is 4.79 Å². The van der Waals surface area contributed by atoms with Crippen LogP contribution in [0.15, 0.2) is 12.1 Å². The maximum absolute atomic E-state index is 12.0. The molecule has 4 nitrogen and oxygen atoms in total. The van der Waals surface area contributed by atoms with Crippen molar-refractivity contribution >= 4 is 6.03 Å². The van der Waals surface area contributed by atoms with E-state index in [-0.39, 0.29) is 6.03 Å². The molecule has 1 aromatic carbocycles. The van der Waals surface area contributed by atoms with Gasteiger partial charge in [-0.15, -0.1) is 0 Å². The molecule has 21 heavy (non-hydrogen) atoms. The highest BCUT2D eigenvalue weighted by Gasteiger charge is 2.15. The zero-order valence-corrected chi connectivity index (χ0v) is 13.3. The second-order valence-corrected chi connectivity index (χ2v) is 5.84. The number of hydrogen-bond acceptors (Lipinski definition) is 2. The predicted octanol–water partition coefficient (Wildman–Crippen LogP) is 3.44. The van der Waals surface area contributed by atoms with E-state index in [9.17, 15) is 4.79 Å². The first-order valence-corrected chi connectivity index (χ1v) is 7.79. The molecule has 0 aromatic heterocycles. The first-order chi connectivity index (χ1) is 10.1. The van der Waals surface area contributed by atoms with Crippen LogP contribution in [0, 0.1) is 13.8 Å². The van der Waals surface area contributed by atoms with E-state index in [0.29, 0.717) is 12.6 Å². The van der Waals surface area contributed by atoms with Crippen LogP contribution in [0.4, 0.5) is 4.79 Å². The quantitative estimate of drug-likeness (QED) is 0.892. The fourth-order valence-electron chi connectivity index (χ4n) is 2.92. The third-order valence-corrected chi connectivity index (χ3v) is 4.45. The van der Waals surface area contributed by atoms with Gasteiger partial charge in [-0.05, 0) is 49.4 Å². The summed E-state index contributed by atoms with van der Waals surface area (Å²) in [5.74, 6) is 0.892. The number of amides is 2. The van der Waals surface area contributed by atoms with Gasteiger partial charge in [0.05, 0.1) is 7.11 Å². The van der Waals surface area contributed by atoms with E-state index in [0.717, 1.165) is 29.7 Å². The van der Waals surface area contributed by atoms with Crippen LogP contribution in [-0.4, -0.2) is 19.2 Å². The van der Waals surface area contributed by atoms with Crippen molar-refractivity contribution in [2.24, 2.45) is 0 Å². The monoisotopic (exact) mass is 290 g/mol. The molecule has 1 saturated carbocycles. The first kappa shape index (κ1) is 15.7. The lowest BCUT2D eigenvalue weighted by atomic mass is 9.96. The summed E-state index contributed by atoms with van der Waals surface area (Å²) in [5.41, 5.74) is 3.43. The van der Waals surface area contributed by atoms with Crippen molar-refractivity contribution in [2.45, 2.75) is 58.5 Å². The van der Waals surface area contributed by atoms with Crippen LogP contribution in [0.25, 0.3) is 0 Å². The third-order valence-electron chi connectivity index (χ3n) is 4.45. The largest absolute Gasteiger partial charge is 0.496 e.